The molecule has 0 unspecified atom stereocenters. The van der Waals surface area contributed by atoms with Crippen molar-refractivity contribution in [2.45, 2.75) is 25.0 Å². The Kier molecular flexibility index (Phi) is 4.85. The van der Waals surface area contributed by atoms with Gasteiger partial charge < -0.3 is 15.0 Å². The molecule has 1 amide bonds. The number of benzene rings is 1. The van der Waals surface area contributed by atoms with Gasteiger partial charge in [0.2, 0.25) is 5.91 Å². The number of aryl methyl sites for hydroxylation is 2. The molecule has 0 radical (unpaired) electrons. The summed E-state index contributed by atoms with van der Waals surface area (Å²) in [4.78, 5) is 26.6. The number of carboxylic acid groups (broad SMARTS) is 1. The van der Waals surface area contributed by atoms with Gasteiger partial charge in [0, 0.05) is 20.0 Å². The van der Waals surface area contributed by atoms with Crippen molar-refractivity contribution in [3.8, 4) is 0 Å². The summed E-state index contributed by atoms with van der Waals surface area (Å²) in [5.74, 6) is -0.998. The Labute approximate surface area is 126 Å². The molecular weight excluding hydrogens is 290 g/mol. The number of carbonyl (C=O) groups is 2. The number of nitrogens with one attached hydrogen (secondary N) is 1. The van der Waals surface area contributed by atoms with Crippen molar-refractivity contribution in [1.29, 1.82) is 0 Å². The van der Waals surface area contributed by atoms with E-state index in [4.69, 9.17) is 5.11 Å². The Balaban J connectivity index is 2.35. The van der Waals surface area contributed by atoms with Crippen LogP contribution in [-0.4, -0.2) is 39.3 Å². The SMILES string of the molecule is CNC(=O)CCn1c(SCC(=O)O)nc2ccc(C)cc21. The number of fused-ring (bicyclic) bond motifs is 1. The van der Waals surface area contributed by atoms with Crippen LogP contribution in [0.15, 0.2) is 23.4 Å². The molecule has 6 nitrogen and oxygen atoms in total. The summed E-state index contributed by atoms with van der Waals surface area (Å²) in [7, 11) is 1.60. The number of aliphatic carboxylic acids is 1. The molecule has 0 spiro atoms. The van der Waals surface area contributed by atoms with Crippen molar-refractivity contribution >= 4 is 34.7 Å². The molecule has 0 aliphatic heterocycles. The van der Waals surface area contributed by atoms with Crippen molar-refractivity contribution in [3.05, 3.63) is 23.8 Å². The summed E-state index contributed by atoms with van der Waals surface area (Å²) in [5.41, 5.74) is 2.83. The predicted molar refractivity (Wildman–Crippen MR) is 81.5 cm³/mol. The normalized spacial score (nSPS) is 10.8. The van der Waals surface area contributed by atoms with Gasteiger partial charge in [-0.2, -0.15) is 0 Å². The molecule has 0 atom stereocenters. The lowest BCUT2D eigenvalue weighted by Crippen LogP contribution is -2.19. The smallest absolute Gasteiger partial charge is 0.313 e. The molecule has 0 fully saturated rings. The van der Waals surface area contributed by atoms with E-state index >= 15 is 0 Å². The van der Waals surface area contributed by atoms with E-state index < -0.39 is 5.97 Å². The number of hydrogen-bond donors (Lipinski definition) is 2. The maximum Gasteiger partial charge on any atom is 0.313 e. The van der Waals surface area contributed by atoms with Gasteiger partial charge in [0.15, 0.2) is 5.16 Å². The van der Waals surface area contributed by atoms with Crippen molar-refractivity contribution in [2.24, 2.45) is 0 Å². The minimum absolute atomic E-state index is 0.0533. The molecule has 0 aliphatic carbocycles. The van der Waals surface area contributed by atoms with Gasteiger partial charge in [-0.3, -0.25) is 9.59 Å². The fourth-order valence-electron chi connectivity index (χ4n) is 2.00. The third-order valence-corrected chi connectivity index (χ3v) is 4.00. The molecule has 0 bridgehead atoms. The average molecular weight is 307 g/mol. The van der Waals surface area contributed by atoms with Gasteiger partial charge in [0.05, 0.1) is 16.8 Å². The van der Waals surface area contributed by atoms with E-state index in [9.17, 15) is 9.59 Å². The maximum absolute atomic E-state index is 11.4. The average Bonchev–Trinajstić information content (AvgIpc) is 2.79. The molecule has 0 saturated carbocycles. The van der Waals surface area contributed by atoms with Gasteiger partial charge in [0.25, 0.3) is 0 Å². The standard InChI is InChI=1S/C14H17N3O3S/c1-9-3-4-10-11(7-9)17(6-5-12(18)15-2)14(16-10)21-8-13(19)20/h3-4,7H,5-6,8H2,1-2H3,(H,15,18)(H,19,20). The first-order valence-corrected chi connectivity index (χ1v) is 7.52. The summed E-state index contributed by atoms with van der Waals surface area (Å²) in [6.45, 7) is 2.46. The molecule has 0 aliphatic rings. The molecule has 2 N–H and O–H groups in total. The third-order valence-electron chi connectivity index (χ3n) is 3.03. The molecule has 2 rings (SSSR count). The Bertz CT molecular complexity index is 681. The third kappa shape index (κ3) is 3.75. The largest absolute Gasteiger partial charge is 0.481 e. The summed E-state index contributed by atoms with van der Waals surface area (Å²) < 4.78 is 1.91. The monoisotopic (exact) mass is 307 g/mol. The Hall–Kier alpha value is -2.02. The molecule has 2 aromatic rings. The second kappa shape index (κ2) is 6.62. The maximum atomic E-state index is 11.4. The number of aromatic nitrogens is 2. The van der Waals surface area contributed by atoms with E-state index in [2.05, 4.69) is 10.3 Å². The van der Waals surface area contributed by atoms with E-state index in [-0.39, 0.29) is 11.7 Å². The predicted octanol–water partition coefficient (Wildman–Crippen LogP) is 1.66. The number of nitrogens with zero attached hydrogens (tertiary/aromatic N) is 2. The second-order valence-corrected chi connectivity index (χ2v) is 5.59. The number of hydrogen-bond acceptors (Lipinski definition) is 4. The topological polar surface area (TPSA) is 84.2 Å². The van der Waals surface area contributed by atoms with Crippen molar-refractivity contribution < 1.29 is 14.7 Å². The summed E-state index contributed by atoms with van der Waals surface area (Å²) in [5, 5.41) is 12.0. The van der Waals surface area contributed by atoms with Crippen LogP contribution in [0.5, 0.6) is 0 Å². The number of imidazole rings is 1. The highest BCUT2D eigenvalue weighted by Crippen LogP contribution is 2.25. The van der Waals surface area contributed by atoms with Crippen LogP contribution in [0.4, 0.5) is 0 Å². The first kappa shape index (κ1) is 15.4. The molecular formula is C14H17N3O3S. The zero-order valence-corrected chi connectivity index (χ0v) is 12.7. The van der Waals surface area contributed by atoms with Gasteiger partial charge in [0.1, 0.15) is 0 Å². The van der Waals surface area contributed by atoms with Gasteiger partial charge in [-0.15, -0.1) is 0 Å². The minimum atomic E-state index is -0.888. The minimum Gasteiger partial charge on any atom is -0.481 e. The first-order chi connectivity index (χ1) is 10.0. The van der Waals surface area contributed by atoms with Crippen LogP contribution in [0.25, 0.3) is 11.0 Å². The van der Waals surface area contributed by atoms with Crippen molar-refractivity contribution in [1.82, 2.24) is 14.9 Å². The Morgan fingerprint density at radius 1 is 1.43 bits per heavy atom. The van der Waals surface area contributed by atoms with E-state index in [0.717, 1.165) is 16.6 Å². The van der Waals surface area contributed by atoms with Crippen LogP contribution < -0.4 is 5.32 Å². The highest BCUT2D eigenvalue weighted by molar-refractivity contribution is 7.99. The fraction of sp³-hybridized carbons (Fsp3) is 0.357. The van der Waals surface area contributed by atoms with Gasteiger partial charge in [-0.25, -0.2) is 4.98 Å². The van der Waals surface area contributed by atoms with Crippen LogP contribution >= 0.6 is 11.8 Å². The highest BCUT2D eigenvalue weighted by Gasteiger charge is 2.13. The lowest BCUT2D eigenvalue weighted by molar-refractivity contribution is -0.134. The van der Waals surface area contributed by atoms with E-state index in [1.54, 1.807) is 7.05 Å². The van der Waals surface area contributed by atoms with Gasteiger partial charge in [-0.1, -0.05) is 17.8 Å². The van der Waals surface area contributed by atoms with Crippen LogP contribution in [0.3, 0.4) is 0 Å². The number of amides is 1. The zero-order valence-electron chi connectivity index (χ0n) is 11.9. The van der Waals surface area contributed by atoms with Gasteiger partial charge in [-0.05, 0) is 24.6 Å². The summed E-state index contributed by atoms with van der Waals surface area (Å²) in [6, 6.07) is 5.87. The lowest BCUT2D eigenvalue weighted by Gasteiger charge is -2.08. The molecule has 1 aromatic heterocycles. The number of rotatable bonds is 6. The molecule has 0 saturated heterocycles. The van der Waals surface area contributed by atoms with Crippen molar-refractivity contribution in [2.75, 3.05) is 12.8 Å². The highest BCUT2D eigenvalue weighted by atomic mass is 32.2. The van der Waals surface area contributed by atoms with E-state index in [1.807, 2.05) is 29.7 Å². The second-order valence-electron chi connectivity index (χ2n) is 4.64. The first-order valence-electron chi connectivity index (χ1n) is 6.53. The summed E-state index contributed by atoms with van der Waals surface area (Å²) in [6.07, 6.45) is 0.330. The van der Waals surface area contributed by atoms with E-state index in [0.29, 0.717) is 18.1 Å². The molecule has 1 heterocycles. The van der Waals surface area contributed by atoms with Crippen LogP contribution in [-0.2, 0) is 16.1 Å². The van der Waals surface area contributed by atoms with Crippen LogP contribution in [0.2, 0.25) is 0 Å². The summed E-state index contributed by atoms with van der Waals surface area (Å²) >= 11 is 1.17. The molecule has 1 aromatic carbocycles. The molecule has 7 heteroatoms. The van der Waals surface area contributed by atoms with Crippen molar-refractivity contribution in [3.63, 3.8) is 0 Å². The molecule has 21 heavy (non-hydrogen) atoms. The quantitative estimate of drug-likeness (QED) is 0.793. The number of carboxylic acids is 1. The Morgan fingerprint density at radius 2 is 2.19 bits per heavy atom. The lowest BCUT2D eigenvalue weighted by atomic mass is 10.2. The zero-order chi connectivity index (χ0) is 15.4. The van der Waals surface area contributed by atoms with E-state index in [1.165, 1.54) is 11.8 Å². The fourth-order valence-corrected chi connectivity index (χ4v) is 2.76. The molecule has 112 valence electrons. The Morgan fingerprint density at radius 3 is 2.86 bits per heavy atom. The van der Waals surface area contributed by atoms with Crippen LogP contribution in [0.1, 0.15) is 12.0 Å². The number of thioether (sulfide) groups is 1. The van der Waals surface area contributed by atoms with Crippen LogP contribution in [0, 0.1) is 6.92 Å². The number of carbonyl (C=O) groups excluding carboxylic acids is 1. The van der Waals surface area contributed by atoms with Gasteiger partial charge >= 0.3 is 5.97 Å².